The molecule has 4 heterocycles. The molecular weight excluding hydrogens is 530 g/mol. The van der Waals surface area contributed by atoms with E-state index in [1.807, 2.05) is 18.2 Å². The number of H-pyrrole nitrogens is 1. The SMILES string of the molecule is COc1cc(N2CCC(N3CC[C@@H](F)C3)CC2)ccc1Nc1nc(Nc2cccc(F)c2C(N)=O)c2cc[nH]c2n1. The van der Waals surface area contributed by atoms with Gasteiger partial charge in [0.25, 0.3) is 5.91 Å². The second kappa shape index (κ2) is 11.2. The van der Waals surface area contributed by atoms with Crippen LogP contribution in [0.1, 0.15) is 29.6 Å². The number of aromatic amines is 1. The minimum atomic E-state index is -0.887. The van der Waals surface area contributed by atoms with Crippen LogP contribution in [-0.4, -0.2) is 71.3 Å². The first-order valence-electron chi connectivity index (χ1n) is 13.7. The van der Waals surface area contributed by atoms with Crippen molar-refractivity contribution in [1.29, 1.82) is 0 Å². The van der Waals surface area contributed by atoms with Crippen molar-refractivity contribution in [1.82, 2.24) is 19.9 Å². The maximum Gasteiger partial charge on any atom is 0.253 e. The Kier molecular flexibility index (Phi) is 7.31. The molecule has 214 valence electrons. The fourth-order valence-corrected chi connectivity index (χ4v) is 5.76. The number of nitrogens with one attached hydrogen (secondary N) is 3. The third-order valence-corrected chi connectivity index (χ3v) is 7.87. The molecule has 0 saturated carbocycles. The summed E-state index contributed by atoms with van der Waals surface area (Å²) >= 11 is 0. The lowest BCUT2D eigenvalue weighted by molar-refractivity contribution is 0.0997. The van der Waals surface area contributed by atoms with Crippen molar-refractivity contribution in [3.63, 3.8) is 0 Å². The number of anilines is 5. The van der Waals surface area contributed by atoms with Crippen LogP contribution in [0.2, 0.25) is 0 Å². The van der Waals surface area contributed by atoms with Gasteiger partial charge in [0.15, 0.2) is 0 Å². The van der Waals surface area contributed by atoms with Gasteiger partial charge in [-0.05, 0) is 49.6 Å². The number of benzene rings is 2. The largest absolute Gasteiger partial charge is 0.494 e. The summed E-state index contributed by atoms with van der Waals surface area (Å²) in [6, 6.07) is 12.4. The average Bonchev–Trinajstić information content (AvgIpc) is 3.62. The molecule has 1 amide bonds. The standard InChI is InChI=1S/C29H32F2N8O2/c1-41-24-15-19(38-13-9-18(10-14-38)39-12-8-17(30)16-39)5-6-22(24)35-29-36-27-20(7-11-33-27)28(37-29)34-23-4-2-3-21(31)25(23)26(32)40/h2-7,11,15,17-18H,8-10,12-14,16H2,1H3,(H2,32,40)(H3,33,34,35,36,37)/t17-/m1/s1. The monoisotopic (exact) mass is 562 g/mol. The predicted molar refractivity (Wildman–Crippen MR) is 155 cm³/mol. The minimum Gasteiger partial charge on any atom is -0.494 e. The number of hydrogen-bond acceptors (Lipinski definition) is 8. The number of aromatic nitrogens is 3. The Morgan fingerprint density at radius 3 is 2.63 bits per heavy atom. The molecule has 2 aromatic heterocycles. The van der Waals surface area contributed by atoms with Gasteiger partial charge in [-0.15, -0.1) is 0 Å². The highest BCUT2D eigenvalue weighted by Gasteiger charge is 2.30. The summed E-state index contributed by atoms with van der Waals surface area (Å²) in [5.41, 5.74) is 7.62. The maximum absolute atomic E-state index is 14.4. The average molecular weight is 563 g/mol. The maximum atomic E-state index is 14.4. The summed E-state index contributed by atoms with van der Waals surface area (Å²) in [7, 11) is 1.61. The smallest absolute Gasteiger partial charge is 0.253 e. The normalized spacial score (nSPS) is 18.1. The van der Waals surface area contributed by atoms with E-state index in [9.17, 15) is 13.6 Å². The summed E-state index contributed by atoms with van der Waals surface area (Å²) in [4.78, 5) is 28.8. The summed E-state index contributed by atoms with van der Waals surface area (Å²) < 4.78 is 33.7. The molecule has 2 aromatic carbocycles. The minimum absolute atomic E-state index is 0.199. The van der Waals surface area contributed by atoms with Crippen molar-refractivity contribution in [3.8, 4) is 5.75 Å². The molecule has 41 heavy (non-hydrogen) atoms. The molecule has 1 atom stereocenters. The number of ether oxygens (including phenoxy) is 1. The van der Waals surface area contributed by atoms with Crippen LogP contribution >= 0.6 is 0 Å². The van der Waals surface area contributed by atoms with Gasteiger partial charge in [0, 0.05) is 50.2 Å². The van der Waals surface area contributed by atoms with E-state index in [0.717, 1.165) is 38.2 Å². The Morgan fingerprint density at radius 2 is 1.90 bits per heavy atom. The van der Waals surface area contributed by atoms with Crippen LogP contribution < -0.4 is 26.0 Å². The highest BCUT2D eigenvalue weighted by atomic mass is 19.1. The zero-order valence-corrected chi connectivity index (χ0v) is 22.7. The van der Waals surface area contributed by atoms with Crippen LogP contribution in [0.4, 0.5) is 37.6 Å². The van der Waals surface area contributed by atoms with E-state index in [2.05, 4.69) is 35.4 Å². The molecule has 4 aromatic rings. The Morgan fingerprint density at radius 1 is 1.07 bits per heavy atom. The number of hydrogen-bond donors (Lipinski definition) is 4. The lowest BCUT2D eigenvalue weighted by Gasteiger charge is -2.38. The quantitative estimate of drug-likeness (QED) is 0.244. The van der Waals surface area contributed by atoms with Gasteiger partial charge in [-0.25, -0.2) is 8.78 Å². The second-order valence-corrected chi connectivity index (χ2v) is 10.4. The number of likely N-dealkylation sites (tertiary alicyclic amines) is 1. The number of carbonyl (C=O) groups is 1. The van der Waals surface area contributed by atoms with Crippen LogP contribution in [0.25, 0.3) is 11.0 Å². The number of rotatable bonds is 8. The Hall–Kier alpha value is -4.45. The number of carbonyl (C=O) groups excluding carboxylic acids is 1. The number of methoxy groups -OCH3 is 1. The van der Waals surface area contributed by atoms with E-state index in [1.165, 1.54) is 12.1 Å². The first-order chi connectivity index (χ1) is 19.9. The lowest BCUT2D eigenvalue weighted by Crippen LogP contribution is -2.44. The number of piperidine rings is 1. The number of amides is 1. The molecule has 0 aliphatic carbocycles. The predicted octanol–water partition coefficient (Wildman–Crippen LogP) is 4.70. The molecule has 10 nitrogen and oxygen atoms in total. The zero-order valence-electron chi connectivity index (χ0n) is 22.7. The molecule has 2 fully saturated rings. The van der Waals surface area contributed by atoms with E-state index < -0.39 is 17.9 Å². The number of primary amides is 1. The van der Waals surface area contributed by atoms with Crippen LogP contribution in [-0.2, 0) is 0 Å². The van der Waals surface area contributed by atoms with Gasteiger partial charge in [0.2, 0.25) is 5.95 Å². The van der Waals surface area contributed by atoms with Gasteiger partial charge in [-0.3, -0.25) is 9.69 Å². The first kappa shape index (κ1) is 26.8. The van der Waals surface area contributed by atoms with E-state index in [-0.39, 0.29) is 17.2 Å². The van der Waals surface area contributed by atoms with Gasteiger partial charge in [0.05, 0.1) is 29.4 Å². The van der Waals surface area contributed by atoms with Crippen LogP contribution in [0.15, 0.2) is 48.7 Å². The highest BCUT2D eigenvalue weighted by molar-refractivity contribution is 6.01. The molecule has 6 rings (SSSR count). The van der Waals surface area contributed by atoms with Crippen molar-refractivity contribution >= 4 is 45.8 Å². The van der Waals surface area contributed by atoms with Crippen molar-refractivity contribution in [3.05, 3.63) is 60.0 Å². The molecule has 2 aliphatic heterocycles. The summed E-state index contributed by atoms with van der Waals surface area (Å²) in [5.74, 6) is -0.360. The van der Waals surface area contributed by atoms with Crippen molar-refractivity contribution in [2.75, 3.05) is 48.8 Å². The van der Waals surface area contributed by atoms with Crippen LogP contribution in [0.3, 0.4) is 0 Å². The lowest BCUT2D eigenvalue weighted by atomic mass is 10.0. The van der Waals surface area contributed by atoms with Gasteiger partial charge < -0.3 is 31.0 Å². The fraction of sp³-hybridized carbons (Fsp3) is 0.345. The Balaban J connectivity index is 1.21. The molecule has 0 bridgehead atoms. The van der Waals surface area contributed by atoms with Crippen LogP contribution in [0.5, 0.6) is 5.75 Å². The Bertz CT molecular complexity index is 1570. The molecule has 0 spiro atoms. The first-order valence-corrected chi connectivity index (χ1v) is 13.7. The number of halogens is 2. The molecule has 2 aliphatic rings. The van der Waals surface area contributed by atoms with Gasteiger partial charge in [0.1, 0.15) is 29.2 Å². The number of nitrogens with zero attached hydrogens (tertiary/aromatic N) is 4. The van der Waals surface area contributed by atoms with Crippen molar-refractivity contribution < 1.29 is 18.3 Å². The molecular formula is C29H32F2N8O2. The van der Waals surface area contributed by atoms with Crippen molar-refractivity contribution in [2.45, 2.75) is 31.5 Å². The third kappa shape index (κ3) is 5.47. The zero-order chi connectivity index (χ0) is 28.5. The summed E-state index contributed by atoms with van der Waals surface area (Å²) in [5, 5.41) is 6.92. The van der Waals surface area contributed by atoms with Gasteiger partial charge in [-0.1, -0.05) is 6.07 Å². The van der Waals surface area contributed by atoms with Gasteiger partial charge in [-0.2, -0.15) is 9.97 Å². The molecule has 0 unspecified atom stereocenters. The van der Waals surface area contributed by atoms with E-state index >= 15 is 0 Å². The van der Waals surface area contributed by atoms with Crippen LogP contribution in [0, 0.1) is 5.82 Å². The molecule has 0 radical (unpaired) electrons. The van der Waals surface area contributed by atoms with E-state index in [1.54, 1.807) is 25.4 Å². The van der Waals surface area contributed by atoms with E-state index in [0.29, 0.717) is 47.3 Å². The topological polar surface area (TPSA) is 124 Å². The Labute approximate surface area is 235 Å². The fourth-order valence-electron chi connectivity index (χ4n) is 5.76. The number of nitrogens with two attached hydrogens (primary N) is 1. The van der Waals surface area contributed by atoms with E-state index in [4.69, 9.17) is 10.5 Å². The number of alkyl halides is 1. The molecule has 12 heteroatoms. The summed E-state index contributed by atoms with van der Waals surface area (Å²) in [6.45, 7) is 3.19. The highest BCUT2D eigenvalue weighted by Crippen LogP contribution is 2.35. The number of fused-ring (bicyclic) bond motifs is 1. The summed E-state index contributed by atoms with van der Waals surface area (Å²) in [6.07, 6.45) is 3.66. The van der Waals surface area contributed by atoms with Gasteiger partial charge >= 0.3 is 0 Å². The third-order valence-electron chi connectivity index (χ3n) is 7.87. The van der Waals surface area contributed by atoms with Crippen molar-refractivity contribution in [2.24, 2.45) is 5.73 Å². The molecule has 5 N–H and O–H groups in total. The second-order valence-electron chi connectivity index (χ2n) is 10.4. The molecule has 2 saturated heterocycles.